The lowest BCUT2D eigenvalue weighted by molar-refractivity contribution is 0.0940. The van der Waals surface area contributed by atoms with Gasteiger partial charge >= 0.3 is 0 Å². The summed E-state index contributed by atoms with van der Waals surface area (Å²) in [5, 5.41) is 7.96. The molecule has 0 radical (unpaired) electrons. The molecule has 2 unspecified atom stereocenters. The minimum Gasteiger partial charge on any atom is -0.380 e. The molecule has 4 nitrogen and oxygen atoms in total. The number of nitrogens with one attached hydrogen (secondary N) is 1. The van der Waals surface area contributed by atoms with Gasteiger partial charge in [-0.25, -0.2) is 0 Å². The average Bonchev–Trinajstić information content (AvgIpc) is 3.08. The van der Waals surface area contributed by atoms with E-state index in [1.165, 1.54) is 38.5 Å². The van der Waals surface area contributed by atoms with E-state index in [2.05, 4.69) is 30.5 Å². The van der Waals surface area contributed by atoms with Gasteiger partial charge in [-0.2, -0.15) is 5.10 Å². The lowest BCUT2D eigenvalue weighted by Crippen LogP contribution is -2.16. The molecule has 0 saturated carbocycles. The van der Waals surface area contributed by atoms with Crippen molar-refractivity contribution in [3.8, 4) is 0 Å². The summed E-state index contributed by atoms with van der Waals surface area (Å²) in [5.74, 6) is 0. The predicted octanol–water partition coefficient (Wildman–Crippen LogP) is 3.83. The number of anilines is 1. The van der Waals surface area contributed by atoms with Gasteiger partial charge in [0.1, 0.15) is 0 Å². The molecule has 1 aliphatic rings. The van der Waals surface area contributed by atoms with E-state index in [9.17, 15) is 0 Å². The third kappa shape index (κ3) is 5.16. The Morgan fingerprint density at radius 3 is 3.10 bits per heavy atom. The van der Waals surface area contributed by atoms with Crippen LogP contribution in [0.4, 0.5) is 5.69 Å². The largest absolute Gasteiger partial charge is 0.380 e. The summed E-state index contributed by atoms with van der Waals surface area (Å²) >= 11 is 0. The monoisotopic (exact) mass is 279 g/mol. The molecule has 1 aromatic heterocycles. The minimum absolute atomic E-state index is 0.356. The second-order valence-electron chi connectivity index (χ2n) is 5.98. The maximum Gasteiger partial charge on any atom is 0.0771 e. The summed E-state index contributed by atoms with van der Waals surface area (Å²) < 4.78 is 7.64. The van der Waals surface area contributed by atoms with Crippen LogP contribution in [-0.4, -0.2) is 28.5 Å². The van der Waals surface area contributed by atoms with Crippen LogP contribution in [0.15, 0.2) is 12.4 Å². The van der Waals surface area contributed by atoms with Crippen molar-refractivity contribution in [2.75, 3.05) is 11.9 Å². The minimum atomic E-state index is 0.356. The normalized spacial score (nSPS) is 20.2. The van der Waals surface area contributed by atoms with Crippen LogP contribution >= 0.6 is 0 Å². The van der Waals surface area contributed by atoms with Crippen molar-refractivity contribution >= 4 is 5.69 Å². The van der Waals surface area contributed by atoms with Gasteiger partial charge < -0.3 is 10.1 Å². The molecule has 0 spiro atoms. The van der Waals surface area contributed by atoms with E-state index in [-0.39, 0.29) is 0 Å². The Kier molecular flexibility index (Phi) is 6.37. The first-order valence-electron chi connectivity index (χ1n) is 8.18. The number of unbranched alkanes of at least 4 members (excludes halogenated alkanes) is 3. The van der Waals surface area contributed by atoms with Crippen molar-refractivity contribution < 1.29 is 4.74 Å². The molecule has 1 fully saturated rings. The fourth-order valence-electron chi connectivity index (χ4n) is 2.77. The maximum absolute atomic E-state index is 5.64. The molecule has 4 heteroatoms. The highest BCUT2D eigenvalue weighted by Gasteiger charge is 2.16. The Morgan fingerprint density at radius 1 is 1.45 bits per heavy atom. The molecule has 1 N–H and O–H groups in total. The second kappa shape index (κ2) is 8.30. The van der Waals surface area contributed by atoms with Crippen molar-refractivity contribution in [1.82, 2.24) is 9.78 Å². The molecule has 0 amide bonds. The Labute approximate surface area is 122 Å². The number of hydrogen-bond acceptors (Lipinski definition) is 3. The first kappa shape index (κ1) is 15.4. The van der Waals surface area contributed by atoms with E-state index < -0.39 is 0 Å². The summed E-state index contributed by atoms with van der Waals surface area (Å²) in [6, 6.07) is 0.521. The van der Waals surface area contributed by atoms with Crippen LogP contribution in [0.1, 0.15) is 58.8 Å². The molecule has 0 aliphatic carbocycles. The third-order valence-corrected chi connectivity index (χ3v) is 3.95. The molecule has 0 bridgehead atoms. The Bertz CT molecular complexity index is 372. The van der Waals surface area contributed by atoms with Gasteiger partial charge in [-0.05, 0) is 26.2 Å². The van der Waals surface area contributed by atoms with Crippen LogP contribution in [0.2, 0.25) is 0 Å². The fraction of sp³-hybridized carbons (Fsp3) is 0.812. The van der Waals surface area contributed by atoms with Crippen molar-refractivity contribution in [2.45, 2.75) is 77.5 Å². The smallest absolute Gasteiger partial charge is 0.0771 e. The van der Waals surface area contributed by atoms with Crippen molar-refractivity contribution in [2.24, 2.45) is 0 Å². The van der Waals surface area contributed by atoms with Gasteiger partial charge in [0.15, 0.2) is 0 Å². The van der Waals surface area contributed by atoms with Crippen LogP contribution in [0.5, 0.6) is 0 Å². The number of aromatic nitrogens is 2. The summed E-state index contributed by atoms with van der Waals surface area (Å²) in [5.41, 5.74) is 1.13. The number of nitrogens with zero attached hydrogens (tertiary/aromatic N) is 2. The Balaban J connectivity index is 1.68. The summed E-state index contributed by atoms with van der Waals surface area (Å²) in [4.78, 5) is 0. The van der Waals surface area contributed by atoms with Gasteiger partial charge in [0, 0.05) is 18.8 Å². The van der Waals surface area contributed by atoms with Crippen molar-refractivity contribution in [3.05, 3.63) is 12.4 Å². The van der Waals surface area contributed by atoms with E-state index in [0.29, 0.717) is 12.1 Å². The molecule has 2 atom stereocenters. The van der Waals surface area contributed by atoms with E-state index >= 15 is 0 Å². The SMILES string of the molecule is CCCCCCC(C)Nc1cnn(CC2CCCO2)c1. The highest BCUT2D eigenvalue weighted by Crippen LogP contribution is 2.16. The third-order valence-electron chi connectivity index (χ3n) is 3.95. The van der Waals surface area contributed by atoms with Crippen LogP contribution in [0.3, 0.4) is 0 Å². The van der Waals surface area contributed by atoms with Crippen LogP contribution in [0.25, 0.3) is 0 Å². The van der Waals surface area contributed by atoms with Crippen LogP contribution < -0.4 is 5.32 Å². The summed E-state index contributed by atoms with van der Waals surface area (Å²) in [6.45, 7) is 6.30. The molecule has 2 rings (SSSR count). The van der Waals surface area contributed by atoms with Gasteiger partial charge in [-0.1, -0.05) is 32.6 Å². The van der Waals surface area contributed by atoms with Crippen molar-refractivity contribution in [1.29, 1.82) is 0 Å². The highest BCUT2D eigenvalue weighted by molar-refractivity contribution is 5.39. The van der Waals surface area contributed by atoms with Crippen LogP contribution in [-0.2, 0) is 11.3 Å². The summed E-state index contributed by atoms with van der Waals surface area (Å²) in [6.07, 6.45) is 13.3. The first-order valence-corrected chi connectivity index (χ1v) is 8.18. The Hall–Kier alpha value is -1.03. The molecular formula is C16H29N3O. The van der Waals surface area contributed by atoms with Gasteiger partial charge in [-0.3, -0.25) is 4.68 Å². The van der Waals surface area contributed by atoms with Crippen LogP contribution in [0, 0.1) is 0 Å². The maximum atomic E-state index is 5.64. The molecule has 1 aromatic rings. The van der Waals surface area contributed by atoms with Gasteiger partial charge in [0.05, 0.1) is 24.5 Å². The van der Waals surface area contributed by atoms with Gasteiger partial charge in [0.2, 0.25) is 0 Å². The van der Waals surface area contributed by atoms with Gasteiger partial charge in [-0.15, -0.1) is 0 Å². The predicted molar refractivity (Wildman–Crippen MR) is 83.0 cm³/mol. The zero-order valence-electron chi connectivity index (χ0n) is 13.0. The molecule has 1 aliphatic heterocycles. The van der Waals surface area contributed by atoms with Gasteiger partial charge in [0.25, 0.3) is 0 Å². The Morgan fingerprint density at radius 2 is 2.35 bits per heavy atom. The standard InChI is InChI=1S/C16H29N3O/c1-3-4-5-6-8-14(2)18-15-11-17-19(12-15)13-16-9-7-10-20-16/h11-12,14,16,18H,3-10,13H2,1-2H3. The fourth-order valence-corrected chi connectivity index (χ4v) is 2.77. The number of ether oxygens (including phenoxy) is 1. The van der Waals surface area contributed by atoms with E-state index in [0.717, 1.165) is 25.3 Å². The second-order valence-corrected chi connectivity index (χ2v) is 5.98. The molecule has 2 heterocycles. The van der Waals surface area contributed by atoms with E-state index in [1.54, 1.807) is 0 Å². The average molecular weight is 279 g/mol. The first-order chi connectivity index (χ1) is 9.78. The van der Waals surface area contributed by atoms with E-state index in [1.807, 2.05) is 10.9 Å². The summed E-state index contributed by atoms with van der Waals surface area (Å²) in [7, 11) is 0. The lowest BCUT2D eigenvalue weighted by atomic mass is 10.1. The molecular weight excluding hydrogens is 250 g/mol. The zero-order chi connectivity index (χ0) is 14.2. The van der Waals surface area contributed by atoms with Crippen molar-refractivity contribution in [3.63, 3.8) is 0 Å². The molecule has 0 aromatic carbocycles. The zero-order valence-corrected chi connectivity index (χ0v) is 13.0. The topological polar surface area (TPSA) is 39.1 Å². The molecule has 114 valence electrons. The molecule has 20 heavy (non-hydrogen) atoms. The number of rotatable bonds is 9. The van der Waals surface area contributed by atoms with E-state index in [4.69, 9.17) is 4.74 Å². The highest BCUT2D eigenvalue weighted by atomic mass is 16.5. The lowest BCUT2D eigenvalue weighted by Gasteiger charge is -2.13. The number of hydrogen-bond donors (Lipinski definition) is 1. The quantitative estimate of drug-likeness (QED) is 0.698. The molecule has 1 saturated heterocycles.